The summed E-state index contributed by atoms with van der Waals surface area (Å²) < 4.78 is 10.6. The molecule has 0 atom stereocenters. The van der Waals surface area contributed by atoms with E-state index in [1.165, 1.54) is 0 Å². The fraction of sp³-hybridized carbons (Fsp3) is 0.0714. The summed E-state index contributed by atoms with van der Waals surface area (Å²) in [5.41, 5.74) is 8.00. The number of halogens is 2. The zero-order chi connectivity index (χ0) is 14.3. The molecule has 0 saturated heterocycles. The molecular weight excluding hydrogens is 299 g/mol. The molecule has 0 amide bonds. The van der Waals surface area contributed by atoms with E-state index < -0.39 is 0 Å². The second-order valence-corrected chi connectivity index (χ2v) is 5.19. The monoisotopic (exact) mass is 308 g/mol. The third-order valence-corrected chi connectivity index (χ3v) is 3.46. The molecule has 102 valence electrons. The van der Waals surface area contributed by atoms with E-state index in [0.29, 0.717) is 26.9 Å². The molecule has 2 heterocycles. The average Bonchev–Trinajstić information content (AvgIpc) is 2.96. The first-order valence-corrected chi connectivity index (χ1v) is 6.58. The minimum atomic E-state index is 0.267. The van der Waals surface area contributed by atoms with E-state index in [0.717, 1.165) is 11.3 Å². The number of anilines is 1. The highest BCUT2D eigenvalue weighted by atomic mass is 35.5. The summed E-state index contributed by atoms with van der Waals surface area (Å²) in [5, 5.41) is 4.84. The number of aryl methyl sites for hydroxylation is 1. The minimum Gasteiger partial charge on any atom is -0.469 e. The van der Waals surface area contributed by atoms with Gasteiger partial charge in [-0.2, -0.15) is 0 Å². The van der Waals surface area contributed by atoms with Gasteiger partial charge in [-0.05, 0) is 25.1 Å². The Hall–Kier alpha value is -1.91. The average molecular weight is 309 g/mol. The number of aromatic nitrogens is 1. The van der Waals surface area contributed by atoms with Gasteiger partial charge in [-0.3, -0.25) is 0 Å². The largest absolute Gasteiger partial charge is 0.469 e. The van der Waals surface area contributed by atoms with E-state index in [4.69, 9.17) is 37.9 Å². The molecule has 0 bridgehead atoms. The molecule has 1 aromatic carbocycles. The highest BCUT2D eigenvalue weighted by molar-refractivity contribution is 6.36. The molecule has 0 aliphatic heterocycles. The number of rotatable bonds is 2. The Labute approximate surface area is 125 Å². The Morgan fingerprint density at radius 3 is 2.65 bits per heavy atom. The molecule has 0 saturated carbocycles. The van der Waals surface area contributed by atoms with E-state index in [1.54, 1.807) is 24.5 Å². The lowest BCUT2D eigenvalue weighted by molar-refractivity contribution is 0.435. The topological polar surface area (TPSA) is 65.2 Å². The van der Waals surface area contributed by atoms with Crippen molar-refractivity contribution in [1.29, 1.82) is 0 Å². The summed E-state index contributed by atoms with van der Waals surface area (Å²) in [7, 11) is 0. The van der Waals surface area contributed by atoms with Gasteiger partial charge in [-0.1, -0.05) is 34.4 Å². The lowest BCUT2D eigenvalue weighted by atomic mass is 10.0. The van der Waals surface area contributed by atoms with Gasteiger partial charge in [0.1, 0.15) is 12.0 Å². The van der Waals surface area contributed by atoms with Crippen LogP contribution in [0.2, 0.25) is 10.0 Å². The Morgan fingerprint density at radius 2 is 2.00 bits per heavy atom. The van der Waals surface area contributed by atoms with Crippen molar-refractivity contribution in [3.05, 3.63) is 46.3 Å². The normalized spacial score (nSPS) is 10.9. The lowest BCUT2D eigenvalue weighted by Crippen LogP contribution is -1.89. The maximum atomic E-state index is 6.22. The summed E-state index contributed by atoms with van der Waals surface area (Å²) in [6.07, 6.45) is 1.59. The molecule has 4 nitrogen and oxygen atoms in total. The van der Waals surface area contributed by atoms with E-state index in [1.807, 2.05) is 13.0 Å². The van der Waals surface area contributed by atoms with Gasteiger partial charge in [0.25, 0.3) is 0 Å². The van der Waals surface area contributed by atoms with Crippen LogP contribution in [0.1, 0.15) is 5.76 Å². The molecule has 2 aromatic heterocycles. The quantitative estimate of drug-likeness (QED) is 0.738. The first-order valence-electron chi connectivity index (χ1n) is 5.82. The van der Waals surface area contributed by atoms with Gasteiger partial charge >= 0.3 is 0 Å². The number of hydrogen-bond donors (Lipinski definition) is 1. The standard InChI is InChI=1S/C14H10Cl2N2O2/c1-7-4-8(6-19-7)13-12(14(17)18-20-13)10-3-2-9(15)5-11(10)16/h2-6H,1H3,(H2,17,18). The summed E-state index contributed by atoms with van der Waals surface area (Å²) in [4.78, 5) is 0. The molecule has 3 rings (SSSR count). The van der Waals surface area contributed by atoms with Crippen LogP contribution in [0.3, 0.4) is 0 Å². The zero-order valence-electron chi connectivity index (χ0n) is 10.5. The molecule has 20 heavy (non-hydrogen) atoms. The summed E-state index contributed by atoms with van der Waals surface area (Å²) >= 11 is 12.1. The maximum absolute atomic E-state index is 6.22. The molecule has 0 radical (unpaired) electrons. The van der Waals surface area contributed by atoms with Crippen molar-refractivity contribution in [2.75, 3.05) is 5.73 Å². The van der Waals surface area contributed by atoms with Gasteiger partial charge in [-0.15, -0.1) is 0 Å². The number of hydrogen-bond acceptors (Lipinski definition) is 4. The first-order chi connectivity index (χ1) is 9.56. The fourth-order valence-electron chi connectivity index (χ4n) is 2.01. The van der Waals surface area contributed by atoms with Crippen molar-refractivity contribution in [3.8, 4) is 22.5 Å². The van der Waals surface area contributed by atoms with E-state index in [9.17, 15) is 0 Å². The molecule has 0 fully saturated rings. The number of furan rings is 1. The Bertz CT molecular complexity index is 777. The zero-order valence-corrected chi connectivity index (χ0v) is 12.0. The first kappa shape index (κ1) is 13.1. The van der Waals surface area contributed by atoms with Gasteiger partial charge in [0.05, 0.1) is 16.1 Å². The molecule has 0 spiro atoms. The van der Waals surface area contributed by atoms with E-state index in [2.05, 4.69) is 5.16 Å². The summed E-state index contributed by atoms with van der Waals surface area (Å²) in [5.74, 6) is 1.55. The van der Waals surface area contributed by atoms with Crippen LogP contribution in [0.5, 0.6) is 0 Å². The van der Waals surface area contributed by atoms with Gasteiger partial charge in [-0.25, -0.2) is 0 Å². The van der Waals surface area contributed by atoms with E-state index >= 15 is 0 Å². The molecule has 0 aliphatic carbocycles. The highest BCUT2D eigenvalue weighted by Crippen LogP contribution is 2.41. The highest BCUT2D eigenvalue weighted by Gasteiger charge is 2.21. The Balaban J connectivity index is 2.21. The van der Waals surface area contributed by atoms with E-state index in [-0.39, 0.29) is 5.82 Å². The van der Waals surface area contributed by atoms with Crippen molar-refractivity contribution in [2.24, 2.45) is 0 Å². The van der Waals surface area contributed by atoms with Crippen LogP contribution < -0.4 is 5.73 Å². The van der Waals surface area contributed by atoms with Crippen molar-refractivity contribution >= 4 is 29.0 Å². The van der Waals surface area contributed by atoms with Crippen LogP contribution >= 0.6 is 23.2 Å². The maximum Gasteiger partial charge on any atom is 0.180 e. The minimum absolute atomic E-state index is 0.267. The van der Waals surface area contributed by atoms with Crippen LogP contribution in [0, 0.1) is 6.92 Å². The van der Waals surface area contributed by atoms with Crippen molar-refractivity contribution in [1.82, 2.24) is 5.16 Å². The molecular formula is C14H10Cl2N2O2. The number of nitrogens with zero attached hydrogens (tertiary/aromatic N) is 1. The van der Waals surface area contributed by atoms with Crippen LogP contribution in [0.15, 0.2) is 39.5 Å². The van der Waals surface area contributed by atoms with Crippen molar-refractivity contribution < 1.29 is 8.94 Å². The molecule has 2 N–H and O–H groups in total. The van der Waals surface area contributed by atoms with Gasteiger partial charge < -0.3 is 14.7 Å². The molecule has 0 unspecified atom stereocenters. The van der Waals surface area contributed by atoms with Gasteiger partial charge in [0, 0.05) is 10.6 Å². The third kappa shape index (κ3) is 2.17. The smallest absolute Gasteiger partial charge is 0.180 e. The number of nitrogens with two attached hydrogens (primary N) is 1. The van der Waals surface area contributed by atoms with Crippen LogP contribution in [0.4, 0.5) is 5.82 Å². The van der Waals surface area contributed by atoms with Crippen molar-refractivity contribution in [2.45, 2.75) is 6.92 Å². The van der Waals surface area contributed by atoms with Crippen LogP contribution in [0.25, 0.3) is 22.5 Å². The predicted molar refractivity (Wildman–Crippen MR) is 78.8 cm³/mol. The second-order valence-electron chi connectivity index (χ2n) is 4.34. The number of nitrogen functional groups attached to an aromatic ring is 1. The van der Waals surface area contributed by atoms with Crippen LogP contribution in [-0.4, -0.2) is 5.16 Å². The molecule has 6 heteroatoms. The SMILES string of the molecule is Cc1cc(-c2onc(N)c2-c2ccc(Cl)cc2Cl)co1. The molecule has 3 aromatic rings. The molecule has 0 aliphatic rings. The summed E-state index contributed by atoms with van der Waals surface area (Å²) in [6.45, 7) is 1.85. The second kappa shape index (κ2) is 4.89. The summed E-state index contributed by atoms with van der Waals surface area (Å²) in [6, 6.07) is 7.01. The Morgan fingerprint density at radius 1 is 1.20 bits per heavy atom. The van der Waals surface area contributed by atoms with Gasteiger partial charge in [0.15, 0.2) is 11.6 Å². The Kier molecular flexibility index (Phi) is 3.20. The number of benzene rings is 1. The third-order valence-electron chi connectivity index (χ3n) is 2.91. The van der Waals surface area contributed by atoms with Crippen LogP contribution in [-0.2, 0) is 0 Å². The fourth-order valence-corrected chi connectivity index (χ4v) is 2.52. The van der Waals surface area contributed by atoms with Crippen molar-refractivity contribution in [3.63, 3.8) is 0 Å². The lowest BCUT2D eigenvalue weighted by Gasteiger charge is -2.04. The van der Waals surface area contributed by atoms with Gasteiger partial charge in [0.2, 0.25) is 0 Å². The predicted octanol–water partition coefficient (Wildman–Crippen LogP) is 4.80.